The number of pyridine rings is 1. The summed E-state index contributed by atoms with van der Waals surface area (Å²) in [5.74, 6) is -1.01. The maximum absolute atomic E-state index is 10.9. The molecule has 0 saturated heterocycles. The number of anilines is 1. The minimum atomic E-state index is -1.01. The fraction of sp³-hybridized carbons (Fsp3) is 0.182. The smallest absolute Gasteiger partial charge is 0.357 e. The predicted octanol–water partition coefficient (Wildman–Crippen LogP) is 2.16. The molecule has 2 rings (SSSR count). The number of aromatic carboxylic acids is 1. The van der Waals surface area contributed by atoms with Crippen molar-refractivity contribution in [3.63, 3.8) is 0 Å². The lowest BCUT2D eigenvalue weighted by Crippen LogP contribution is -2.05. The quantitative estimate of drug-likeness (QED) is 0.868. The summed E-state index contributed by atoms with van der Waals surface area (Å²) in [5, 5.41) is 12.6. The molecule has 0 aromatic carbocycles. The molecule has 0 amide bonds. The highest BCUT2D eigenvalue weighted by Crippen LogP contribution is 2.21. The van der Waals surface area contributed by atoms with E-state index in [1.54, 1.807) is 12.4 Å². The van der Waals surface area contributed by atoms with Crippen LogP contribution in [0.3, 0.4) is 0 Å². The van der Waals surface area contributed by atoms with Crippen molar-refractivity contribution >= 4 is 22.3 Å². The molecule has 2 N–H and O–H groups in total. The number of carboxylic acids is 1. The summed E-state index contributed by atoms with van der Waals surface area (Å²) < 4.78 is 0. The van der Waals surface area contributed by atoms with Gasteiger partial charge in [-0.05, 0) is 24.1 Å². The Labute approximate surface area is 102 Å². The van der Waals surface area contributed by atoms with Gasteiger partial charge in [0.2, 0.25) is 0 Å². The van der Waals surface area contributed by atoms with Crippen LogP contribution >= 0.6 is 11.3 Å². The second-order valence-corrected chi connectivity index (χ2v) is 4.35. The van der Waals surface area contributed by atoms with E-state index in [4.69, 9.17) is 5.11 Å². The molecule has 0 atom stereocenters. The third-order valence-electron chi connectivity index (χ3n) is 2.35. The molecule has 0 fully saturated rings. The molecule has 0 saturated carbocycles. The third-order valence-corrected chi connectivity index (χ3v) is 3.13. The summed E-state index contributed by atoms with van der Waals surface area (Å²) in [6.45, 7) is 2.53. The lowest BCUT2D eigenvalue weighted by Gasteiger charge is -2.06. The SMILES string of the molecule is Cc1cnccc1CNc1scnc1C(=O)O. The number of nitrogens with one attached hydrogen (secondary N) is 1. The first-order valence-corrected chi connectivity index (χ1v) is 5.86. The molecular weight excluding hydrogens is 238 g/mol. The fourth-order valence-electron chi connectivity index (χ4n) is 1.40. The van der Waals surface area contributed by atoms with Crippen molar-refractivity contribution in [3.8, 4) is 0 Å². The van der Waals surface area contributed by atoms with Crippen LogP contribution in [-0.4, -0.2) is 21.0 Å². The van der Waals surface area contributed by atoms with Gasteiger partial charge in [0.25, 0.3) is 0 Å². The van der Waals surface area contributed by atoms with Gasteiger partial charge in [0, 0.05) is 18.9 Å². The molecule has 0 radical (unpaired) electrons. The molecule has 2 heterocycles. The number of nitrogens with zero attached hydrogens (tertiary/aromatic N) is 2. The predicted molar refractivity (Wildman–Crippen MR) is 65.4 cm³/mol. The topological polar surface area (TPSA) is 75.1 Å². The number of thiazole rings is 1. The van der Waals surface area contributed by atoms with Crippen LogP contribution in [0.2, 0.25) is 0 Å². The molecule has 6 heteroatoms. The Balaban J connectivity index is 2.10. The van der Waals surface area contributed by atoms with Gasteiger partial charge >= 0.3 is 5.97 Å². The fourth-order valence-corrected chi connectivity index (χ4v) is 2.07. The Morgan fingerprint density at radius 2 is 2.41 bits per heavy atom. The number of hydrogen-bond acceptors (Lipinski definition) is 5. The van der Waals surface area contributed by atoms with Crippen LogP contribution in [0.1, 0.15) is 21.6 Å². The van der Waals surface area contributed by atoms with E-state index in [0.717, 1.165) is 11.1 Å². The number of carbonyl (C=O) groups is 1. The average molecular weight is 249 g/mol. The molecule has 0 aliphatic carbocycles. The zero-order valence-corrected chi connectivity index (χ0v) is 9.99. The van der Waals surface area contributed by atoms with Crippen molar-refractivity contribution < 1.29 is 9.90 Å². The first-order chi connectivity index (χ1) is 8.18. The summed E-state index contributed by atoms with van der Waals surface area (Å²) >= 11 is 1.28. The van der Waals surface area contributed by atoms with E-state index >= 15 is 0 Å². The van der Waals surface area contributed by atoms with Gasteiger partial charge in [0.05, 0.1) is 5.51 Å². The number of carboxylic acid groups (broad SMARTS) is 1. The van der Waals surface area contributed by atoms with Gasteiger partial charge in [-0.25, -0.2) is 9.78 Å². The Bertz CT molecular complexity index is 539. The Hall–Kier alpha value is -1.95. The molecule has 0 bridgehead atoms. The average Bonchev–Trinajstić information content (AvgIpc) is 2.76. The number of rotatable bonds is 4. The third kappa shape index (κ3) is 2.59. The van der Waals surface area contributed by atoms with Crippen molar-refractivity contribution in [1.82, 2.24) is 9.97 Å². The highest BCUT2D eigenvalue weighted by Gasteiger charge is 2.13. The molecule has 17 heavy (non-hydrogen) atoms. The van der Waals surface area contributed by atoms with Crippen LogP contribution in [0.4, 0.5) is 5.00 Å². The van der Waals surface area contributed by atoms with Crippen LogP contribution in [0.25, 0.3) is 0 Å². The first-order valence-electron chi connectivity index (χ1n) is 4.98. The number of aromatic nitrogens is 2. The van der Waals surface area contributed by atoms with Crippen molar-refractivity contribution in [2.24, 2.45) is 0 Å². The van der Waals surface area contributed by atoms with Gasteiger partial charge < -0.3 is 10.4 Å². The lowest BCUT2D eigenvalue weighted by molar-refractivity contribution is 0.0692. The second-order valence-electron chi connectivity index (χ2n) is 3.49. The molecule has 0 spiro atoms. The van der Waals surface area contributed by atoms with E-state index in [-0.39, 0.29) is 5.69 Å². The van der Waals surface area contributed by atoms with Crippen LogP contribution in [0, 0.1) is 6.92 Å². The van der Waals surface area contributed by atoms with E-state index in [1.807, 2.05) is 13.0 Å². The van der Waals surface area contributed by atoms with Crippen LogP contribution in [0.15, 0.2) is 24.0 Å². The van der Waals surface area contributed by atoms with Crippen LogP contribution in [0.5, 0.6) is 0 Å². The highest BCUT2D eigenvalue weighted by atomic mass is 32.1. The molecule has 5 nitrogen and oxygen atoms in total. The Morgan fingerprint density at radius 1 is 1.59 bits per heavy atom. The van der Waals surface area contributed by atoms with Gasteiger partial charge in [0.1, 0.15) is 5.00 Å². The Morgan fingerprint density at radius 3 is 3.12 bits per heavy atom. The summed E-state index contributed by atoms with van der Waals surface area (Å²) in [4.78, 5) is 18.7. The molecule has 0 aliphatic heterocycles. The molecular formula is C11H11N3O2S. The summed E-state index contributed by atoms with van der Waals surface area (Å²) in [6.07, 6.45) is 3.50. The zero-order valence-electron chi connectivity index (χ0n) is 9.17. The maximum Gasteiger partial charge on any atom is 0.357 e. The van der Waals surface area contributed by atoms with Gasteiger partial charge in [0.15, 0.2) is 5.69 Å². The van der Waals surface area contributed by atoms with Gasteiger partial charge in [-0.3, -0.25) is 4.98 Å². The minimum Gasteiger partial charge on any atom is -0.476 e. The summed E-state index contributed by atoms with van der Waals surface area (Å²) in [7, 11) is 0. The van der Waals surface area contributed by atoms with E-state index < -0.39 is 5.97 Å². The van der Waals surface area contributed by atoms with E-state index in [2.05, 4.69) is 15.3 Å². The molecule has 2 aromatic heterocycles. The van der Waals surface area contributed by atoms with Crippen LogP contribution in [-0.2, 0) is 6.54 Å². The molecule has 0 unspecified atom stereocenters. The van der Waals surface area contributed by atoms with E-state index in [9.17, 15) is 4.79 Å². The summed E-state index contributed by atoms with van der Waals surface area (Å²) in [6, 6.07) is 1.91. The van der Waals surface area contributed by atoms with Gasteiger partial charge in [-0.15, -0.1) is 11.3 Å². The number of hydrogen-bond donors (Lipinski definition) is 2. The monoisotopic (exact) mass is 249 g/mol. The maximum atomic E-state index is 10.9. The van der Waals surface area contributed by atoms with Crippen LogP contribution < -0.4 is 5.32 Å². The van der Waals surface area contributed by atoms with Crippen molar-refractivity contribution in [2.45, 2.75) is 13.5 Å². The standard InChI is InChI=1S/C11H11N3O2S/c1-7-4-12-3-2-8(7)5-13-10-9(11(15)16)14-6-17-10/h2-4,6,13H,5H2,1H3,(H,15,16). The Kier molecular flexibility index (Phi) is 3.34. The summed E-state index contributed by atoms with van der Waals surface area (Å²) in [5.41, 5.74) is 3.75. The normalized spacial score (nSPS) is 10.2. The molecule has 88 valence electrons. The molecule has 0 aliphatic rings. The lowest BCUT2D eigenvalue weighted by atomic mass is 10.1. The van der Waals surface area contributed by atoms with Crippen molar-refractivity contribution in [2.75, 3.05) is 5.32 Å². The van der Waals surface area contributed by atoms with Crippen molar-refractivity contribution in [1.29, 1.82) is 0 Å². The number of aryl methyl sites for hydroxylation is 1. The zero-order chi connectivity index (χ0) is 12.3. The van der Waals surface area contributed by atoms with Crippen molar-refractivity contribution in [3.05, 3.63) is 40.8 Å². The second kappa shape index (κ2) is 4.92. The minimum absolute atomic E-state index is 0.0710. The largest absolute Gasteiger partial charge is 0.476 e. The molecule has 2 aromatic rings. The van der Waals surface area contributed by atoms with Gasteiger partial charge in [-0.2, -0.15) is 0 Å². The van der Waals surface area contributed by atoms with E-state index in [0.29, 0.717) is 11.5 Å². The van der Waals surface area contributed by atoms with Gasteiger partial charge in [-0.1, -0.05) is 0 Å². The van der Waals surface area contributed by atoms with E-state index in [1.165, 1.54) is 16.8 Å². The highest BCUT2D eigenvalue weighted by molar-refractivity contribution is 7.14. The first kappa shape index (κ1) is 11.5.